The van der Waals surface area contributed by atoms with Crippen LogP contribution in [-0.2, 0) is 18.9 Å². The molecule has 2 fully saturated rings. The van der Waals surface area contributed by atoms with Crippen LogP contribution >= 0.6 is 0 Å². The third-order valence-electron chi connectivity index (χ3n) is 5.31. The zero-order valence-corrected chi connectivity index (χ0v) is 18.4. The van der Waals surface area contributed by atoms with Gasteiger partial charge in [0.1, 0.15) is 0 Å². The predicted octanol–water partition coefficient (Wildman–Crippen LogP) is 5.69. The fourth-order valence-electron chi connectivity index (χ4n) is 3.57. The van der Waals surface area contributed by atoms with Gasteiger partial charge >= 0.3 is 6.18 Å². The van der Waals surface area contributed by atoms with Gasteiger partial charge in [-0.3, -0.25) is 0 Å². The molecule has 2 heterocycles. The maximum atomic E-state index is 14.1. The molecular formula is C23H29F5O5. The summed E-state index contributed by atoms with van der Waals surface area (Å²) in [5, 5.41) is 0. The molecule has 2 aliphatic heterocycles. The van der Waals surface area contributed by atoms with Crippen LogP contribution in [-0.4, -0.2) is 45.5 Å². The van der Waals surface area contributed by atoms with Gasteiger partial charge in [-0.1, -0.05) is 25.5 Å². The summed E-state index contributed by atoms with van der Waals surface area (Å²) in [6.45, 7) is 2.17. The number of ether oxygens (including phenoxy) is 5. The number of alkyl halides is 3. The van der Waals surface area contributed by atoms with Gasteiger partial charge in [0.15, 0.2) is 36.6 Å². The van der Waals surface area contributed by atoms with E-state index in [0.29, 0.717) is 32.8 Å². The summed E-state index contributed by atoms with van der Waals surface area (Å²) in [7, 11) is 0. The second-order valence-electron chi connectivity index (χ2n) is 8.23. The van der Waals surface area contributed by atoms with Crippen molar-refractivity contribution in [3.05, 3.63) is 41.5 Å². The van der Waals surface area contributed by atoms with E-state index in [1.807, 2.05) is 0 Å². The van der Waals surface area contributed by atoms with Crippen LogP contribution in [0.2, 0.25) is 0 Å². The Hall–Kier alpha value is -1.75. The van der Waals surface area contributed by atoms with Crippen LogP contribution < -0.4 is 4.74 Å². The highest BCUT2D eigenvalue weighted by Gasteiger charge is 2.31. The van der Waals surface area contributed by atoms with Crippen molar-refractivity contribution in [2.45, 2.75) is 51.4 Å². The van der Waals surface area contributed by atoms with Gasteiger partial charge in [-0.2, -0.15) is 13.2 Å². The van der Waals surface area contributed by atoms with Crippen molar-refractivity contribution in [2.24, 2.45) is 11.8 Å². The molecule has 0 saturated carbocycles. The van der Waals surface area contributed by atoms with Crippen molar-refractivity contribution in [3.8, 4) is 5.75 Å². The molecule has 1 aromatic rings. The van der Waals surface area contributed by atoms with E-state index in [4.69, 9.17) is 18.9 Å². The Balaban J connectivity index is 1.41. The highest BCUT2D eigenvalue weighted by atomic mass is 19.4. The van der Waals surface area contributed by atoms with Gasteiger partial charge in [-0.25, -0.2) is 8.78 Å². The minimum absolute atomic E-state index is 0.0314. The standard InChI is InChI=1S/C23H29F5O5/c1-2-3-4-5-15-10-29-20(30-11-15)7-6-16-12-31-22(32-13-16)17-8-18(24)21(19(25)9-17)33-14-23(26,27)28/h4-5,8-9,15-16,20,22H,2-3,6-7,10-14H2,1H3/b5-4+/t15?,16-,20?,22-. The molecule has 0 bridgehead atoms. The van der Waals surface area contributed by atoms with Gasteiger partial charge in [0, 0.05) is 17.4 Å². The number of rotatable bonds is 9. The van der Waals surface area contributed by atoms with Gasteiger partial charge in [0.2, 0.25) is 0 Å². The van der Waals surface area contributed by atoms with Crippen molar-refractivity contribution >= 4 is 0 Å². The van der Waals surface area contributed by atoms with Crippen molar-refractivity contribution in [3.63, 3.8) is 0 Å². The lowest BCUT2D eigenvalue weighted by atomic mass is 10.0. The molecule has 0 aliphatic carbocycles. The van der Waals surface area contributed by atoms with Crippen LogP contribution in [0.3, 0.4) is 0 Å². The fourth-order valence-corrected chi connectivity index (χ4v) is 3.57. The van der Waals surface area contributed by atoms with E-state index in [2.05, 4.69) is 23.8 Å². The Morgan fingerprint density at radius 3 is 2.18 bits per heavy atom. The fraction of sp³-hybridized carbons (Fsp3) is 0.652. The molecule has 33 heavy (non-hydrogen) atoms. The lowest BCUT2D eigenvalue weighted by molar-refractivity contribution is -0.217. The average molecular weight is 480 g/mol. The Labute approximate surface area is 189 Å². The Bertz CT molecular complexity index is 746. The Kier molecular flexibility index (Phi) is 9.48. The summed E-state index contributed by atoms with van der Waals surface area (Å²) in [6.07, 6.45) is 1.80. The average Bonchev–Trinajstić information content (AvgIpc) is 2.78. The van der Waals surface area contributed by atoms with E-state index in [-0.39, 0.29) is 23.7 Å². The zero-order valence-electron chi connectivity index (χ0n) is 18.4. The normalized spacial score (nSPS) is 26.6. The number of unbranched alkanes of at least 4 members (excludes halogenated alkanes) is 1. The lowest BCUT2D eigenvalue weighted by Crippen LogP contribution is -2.33. The quantitative estimate of drug-likeness (QED) is 0.336. The van der Waals surface area contributed by atoms with Crippen LogP contribution in [0.1, 0.15) is 44.5 Å². The van der Waals surface area contributed by atoms with E-state index in [1.54, 1.807) is 0 Å². The maximum absolute atomic E-state index is 14.1. The topological polar surface area (TPSA) is 46.2 Å². The summed E-state index contributed by atoms with van der Waals surface area (Å²) in [4.78, 5) is 0. The van der Waals surface area contributed by atoms with Crippen molar-refractivity contribution in [1.82, 2.24) is 0 Å². The summed E-state index contributed by atoms with van der Waals surface area (Å²) in [5.74, 6) is -3.27. The third-order valence-corrected chi connectivity index (χ3v) is 5.31. The molecule has 0 spiro atoms. The molecule has 0 unspecified atom stereocenters. The van der Waals surface area contributed by atoms with Gasteiger partial charge in [-0.15, -0.1) is 0 Å². The predicted molar refractivity (Wildman–Crippen MR) is 109 cm³/mol. The highest BCUT2D eigenvalue weighted by molar-refractivity contribution is 5.32. The van der Waals surface area contributed by atoms with Crippen molar-refractivity contribution in [2.75, 3.05) is 33.0 Å². The molecule has 2 aliphatic rings. The van der Waals surface area contributed by atoms with E-state index < -0.39 is 36.5 Å². The first-order valence-electron chi connectivity index (χ1n) is 11.1. The smallest absolute Gasteiger partial charge is 0.422 e. The Morgan fingerprint density at radius 1 is 0.970 bits per heavy atom. The minimum Gasteiger partial charge on any atom is -0.478 e. The number of hydrogen-bond acceptors (Lipinski definition) is 5. The molecule has 1 aromatic carbocycles. The third kappa shape index (κ3) is 8.20. The summed E-state index contributed by atoms with van der Waals surface area (Å²) in [5.41, 5.74) is 0.0314. The molecule has 3 rings (SSSR count). The molecule has 0 N–H and O–H groups in total. The first-order valence-corrected chi connectivity index (χ1v) is 11.1. The molecule has 186 valence electrons. The first kappa shape index (κ1) is 25.9. The molecule has 0 radical (unpaired) electrons. The molecule has 0 amide bonds. The van der Waals surface area contributed by atoms with Crippen LogP contribution in [0, 0.1) is 23.5 Å². The van der Waals surface area contributed by atoms with Crippen molar-refractivity contribution in [1.29, 1.82) is 0 Å². The summed E-state index contributed by atoms with van der Waals surface area (Å²) < 4.78 is 91.8. The van der Waals surface area contributed by atoms with E-state index in [0.717, 1.165) is 31.4 Å². The van der Waals surface area contributed by atoms with E-state index in [1.165, 1.54) is 0 Å². The number of allylic oxidation sites excluding steroid dienone is 1. The number of halogens is 5. The number of hydrogen-bond donors (Lipinski definition) is 0. The van der Waals surface area contributed by atoms with E-state index >= 15 is 0 Å². The largest absolute Gasteiger partial charge is 0.478 e. The van der Waals surface area contributed by atoms with Crippen LogP contribution in [0.4, 0.5) is 22.0 Å². The van der Waals surface area contributed by atoms with Crippen LogP contribution in [0.5, 0.6) is 5.75 Å². The van der Waals surface area contributed by atoms with Crippen LogP contribution in [0.25, 0.3) is 0 Å². The second-order valence-corrected chi connectivity index (χ2v) is 8.23. The second kappa shape index (κ2) is 12.1. The van der Waals surface area contributed by atoms with Crippen LogP contribution in [0.15, 0.2) is 24.3 Å². The van der Waals surface area contributed by atoms with Crippen molar-refractivity contribution < 1.29 is 45.6 Å². The first-order chi connectivity index (χ1) is 15.7. The van der Waals surface area contributed by atoms with Gasteiger partial charge < -0.3 is 23.7 Å². The molecule has 2 saturated heterocycles. The summed E-state index contributed by atoms with van der Waals surface area (Å²) in [6, 6.07) is 1.71. The zero-order chi connectivity index (χ0) is 23.8. The lowest BCUT2D eigenvalue weighted by Gasteiger charge is -2.32. The SMILES string of the molecule is CCC/C=C/C1COC(CC[C@H]2CO[C@H](c3cc(F)c(OCC(F)(F)F)c(F)c3)OC2)OC1. The van der Waals surface area contributed by atoms with Gasteiger partial charge in [0.25, 0.3) is 0 Å². The highest BCUT2D eigenvalue weighted by Crippen LogP contribution is 2.32. The van der Waals surface area contributed by atoms with Gasteiger partial charge in [-0.05, 0) is 31.4 Å². The van der Waals surface area contributed by atoms with Gasteiger partial charge in [0.05, 0.1) is 26.4 Å². The van der Waals surface area contributed by atoms with E-state index in [9.17, 15) is 22.0 Å². The molecular weight excluding hydrogens is 451 g/mol. The molecule has 0 atom stereocenters. The monoisotopic (exact) mass is 480 g/mol. The molecule has 10 heteroatoms. The molecule has 5 nitrogen and oxygen atoms in total. The maximum Gasteiger partial charge on any atom is 0.422 e. The summed E-state index contributed by atoms with van der Waals surface area (Å²) >= 11 is 0. The minimum atomic E-state index is -4.71. The molecule has 0 aromatic heterocycles. The number of benzene rings is 1. The Morgan fingerprint density at radius 2 is 1.61 bits per heavy atom.